The number of carbonyl (C=O) groups excluding carboxylic acids is 1. The maximum absolute atomic E-state index is 11.3. The van der Waals surface area contributed by atoms with Crippen molar-refractivity contribution in [2.45, 2.75) is 33.1 Å². The summed E-state index contributed by atoms with van der Waals surface area (Å²) in [5.41, 5.74) is 0. The molecule has 0 saturated carbocycles. The van der Waals surface area contributed by atoms with Gasteiger partial charge in [-0.3, -0.25) is 4.79 Å². The molecule has 1 rings (SSSR count). The Hall–Kier alpha value is -0.590. The minimum absolute atomic E-state index is 0.310. The Morgan fingerprint density at radius 3 is 2.91 bits per heavy atom. The number of ketones is 1. The van der Waals surface area contributed by atoms with Crippen molar-refractivity contribution in [3.63, 3.8) is 0 Å². The molecule has 1 heteroatoms. The van der Waals surface area contributed by atoms with Crippen LogP contribution in [0.15, 0.2) is 12.2 Å². The molecule has 11 heavy (non-hydrogen) atoms. The minimum Gasteiger partial charge on any atom is -0.299 e. The van der Waals surface area contributed by atoms with E-state index in [4.69, 9.17) is 0 Å². The average molecular weight is 152 g/mol. The lowest BCUT2D eigenvalue weighted by atomic mass is 9.81. The number of hydrogen-bond donors (Lipinski definition) is 0. The summed E-state index contributed by atoms with van der Waals surface area (Å²) < 4.78 is 0. The van der Waals surface area contributed by atoms with Gasteiger partial charge < -0.3 is 0 Å². The molecule has 1 aliphatic rings. The highest BCUT2D eigenvalue weighted by molar-refractivity contribution is 5.81. The van der Waals surface area contributed by atoms with E-state index < -0.39 is 0 Å². The van der Waals surface area contributed by atoms with Gasteiger partial charge in [0.15, 0.2) is 0 Å². The second kappa shape index (κ2) is 3.70. The van der Waals surface area contributed by atoms with Gasteiger partial charge in [-0.1, -0.05) is 26.0 Å². The fraction of sp³-hybridized carbons (Fsp3) is 0.700. The average Bonchev–Trinajstić information content (AvgIpc) is 2.04. The zero-order valence-electron chi connectivity index (χ0n) is 7.34. The first-order chi connectivity index (χ1) is 5.25. The van der Waals surface area contributed by atoms with Gasteiger partial charge in [0, 0.05) is 12.3 Å². The fourth-order valence-electron chi connectivity index (χ4n) is 1.70. The Morgan fingerprint density at radius 2 is 2.36 bits per heavy atom. The molecule has 62 valence electrons. The van der Waals surface area contributed by atoms with Gasteiger partial charge in [0.2, 0.25) is 0 Å². The van der Waals surface area contributed by atoms with E-state index in [1.54, 1.807) is 0 Å². The smallest absolute Gasteiger partial charge is 0.136 e. The summed E-state index contributed by atoms with van der Waals surface area (Å²) in [6.45, 7) is 4.08. The molecule has 0 fully saturated rings. The molecule has 0 bridgehead atoms. The molecule has 0 amide bonds. The van der Waals surface area contributed by atoms with Crippen molar-refractivity contribution in [1.82, 2.24) is 0 Å². The van der Waals surface area contributed by atoms with Crippen molar-refractivity contribution in [3.8, 4) is 0 Å². The Balaban J connectivity index is 2.57. The van der Waals surface area contributed by atoms with Gasteiger partial charge in [-0.2, -0.15) is 0 Å². The maximum atomic E-state index is 11.3. The molecule has 0 aromatic heterocycles. The van der Waals surface area contributed by atoms with Gasteiger partial charge in [0.05, 0.1) is 0 Å². The highest BCUT2D eigenvalue weighted by Gasteiger charge is 2.22. The molecule has 0 aliphatic heterocycles. The summed E-state index contributed by atoms with van der Waals surface area (Å²) in [4.78, 5) is 11.3. The van der Waals surface area contributed by atoms with Gasteiger partial charge in [0.1, 0.15) is 5.78 Å². The van der Waals surface area contributed by atoms with Crippen LogP contribution in [0.1, 0.15) is 33.1 Å². The molecular weight excluding hydrogens is 136 g/mol. The Labute approximate surface area is 68.5 Å². The minimum atomic E-state index is 0.310. The van der Waals surface area contributed by atoms with Crippen molar-refractivity contribution in [2.75, 3.05) is 0 Å². The third-order valence-electron chi connectivity index (χ3n) is 2.48. The first kappa shape index (κ1) is 8.51. The van der Waals surface area contributed by atoms with E-state index >= 15 is 0 Å². The SMILES string of the molecule is CCC(=O)C1CCC=CC1C. The van der Waals surface area contributed by atoms with Crippen LogP contribution in [-0.2, 0) is 4.79 Å². The van der Waals surface area contributed by atoms with Gasteiger partial charge in [-0.05, 0) is 18.8 Å². The molecule has 0 radical (unpaired) electrons. The predicted octanol–water partition coefficient (Wildman–Crippen LogP) is 2.57. The first-order valence-corrected chi connectivity index (χ1v) is 4.45. The van der Waals surface area contributed by atoms with Gasteiger partial charge >= 0.3 is 0 Å². The lowest BCUT2D eigenvalue weighted by Crippen LogP contribution is -2.21. The van der Waals surface area contributed by atoms with Crippen LogP contribution < -0.4 is 0 Å². The van der Waals surface area contributed by atoms with E-state index in [0.717, 1.165) is 12.8 Å². The van der Waals surface area contributed by atoms with Crippen LogP contribution >= 0.6 is 0 Å². The zero-order chi connectivity index (χ0) is 8.27. The van der Waals surface area contributed by atoms with Crippen LogP contribution in [0.3, 0.4) is 0 Å². The normalized spacial score (nSPS) is 30.4. The van der Waals surface area contributed by atoms with E-state index in [2.05, 4.69) is 19.1 Å². The van der Waals surface area contributed by atoms with Crippen LogP contribution in [0.4, 0.5) is 0 Å². The van der Waals surface area contributed by atoms with Crippen LogP contribution in [0.2, 0.25) is 0 Å². The molecule has 0 saturated heterocycles. The van der Waals surface area contributed by atoms with Crippen molar-refractivity contribution in [1.29, 1.82) is 0 Å². The zero-order valence-corrected chi connectivity index (χ0v) is 7.34. The van der Waals surface area contributed by atoms with E-state index in [-0.39, 0.29) is 0 Å². The van der Waals surface area contributed by atoms with Crippen LogP contribution in [-0.4, -0.2) is 5.78 Å². The maximum Gasteiger partial charge on any atom is 0.136 e. The first-order valence-electron chi connectivity index (χ1n) is 4.45. The third-order valence-corrected chi connectivity index (χ3v) is 2.48. The van der Waals surface area contributed by atoms with E-state index in [9.17, 15) is 4.79 Å². The molecule has 1 aliphatic carbocycles. The molecule has 0 aromatic carbocycles. The number of rotatable bonds is 2. The largest absolute Gasteiger partial charge is 0.299 e. The molecule has 0 aromatic rings. The summed E-state index contributed by atoms with van der Waals surface area (Å²) in [7, 11) is 0. The number of allylic oxidation sites excluding steroid dienone is 2. The number of Topliss-reactive ketones (excluding diaryl/α,β-unsaturated/α-hetero) is 1. The fourth-order valence-corrected chi connectivity index (χ4v) is 1.70. The topological polar surface area (TPSA) is 17.1 Å². The van der Waals surface area contributed by atoms with E-state index in [1.165, 1.54) is 0 Å². The Bertz CT molecular complexity index is 170. The Morgan fingerprint density at radius 1 is 1.64 bits per heavy atom. The van der Waals surface area contributed by atoms with Gasteiger partial charge in [-0.15, -0.1) is 0 Å². The Kier molecular flexibility index (Phi) is 2.86. The van der Waals surface area contributed by atoms with E-state index in [0.29, 0.717) is 24.0 Å². The highest BCUT2D eigenvalue weighted by atomic mass is 16.1. The summed E-state index contributed by atoms with van der Waals surface area (Å²) in [6, 6.07) is 0. The summed E-state index contributed by atoms with van der Waals surface area (Å²) in [5.74, 6) is 1.21. The molecule has 0 spiro atoms. The van der Waals surface area contributed by atoms with Crippen LogP contribution in [0.5, 0.6) is 0 Å². The van der Waals surface area contributed by atoms with Crippen molar-refractivity contribution in [3.05, 3.63) is 12.2 Å². The van der Waals surface area contributed by atoms with Crippen molar-refractivity contribution >= 4 is 5.78 Å². The van der Waals surface area contributed by atoms with Gasteiger partial charge in [0.25, 0.3) is 0 Å². The van der Waals surface area contributed by atoms with Crippen molar-refractivity contribution in [2.24, 2.45) is 11.8 Å². The lowest BCUT2D eigenvalue weighted by Gasteiger charge is -2.22. The second-order valence-electron chi connectivity index (χ2n) is 3.29. The number of hydrogen-bond acceptors (Lipinski definition) is 1. The number of carbonyl (C=O) groups is 1. The van der Waals surface area contributed by atoms with E-state index in [1.807, 2.05) is 6.92 Å². The van der Waals surface area contributed by atoms with Crippen LogP contribution in [0, 0.1) is 11.8 Å². The predicted molar refractivity (Wildman–Crippen MR) is 46.3 cm³/mol. The molecule has 0 N–H and O–H groups in total. The second-order valence-corrected chi connectivity index (χ2v) is 3.29. The summed E-state index contributed by atoms with van der Waals surface area (Å²) >= 11 is 0. The lowest BCUT2D eigenvalue weighted by molar-refractivity contribution is -0.123. The van der Waals surface area contributed by atoms with Crippen LogP contribution in [0.25, 0.3) is 0 Å². The highest BCUT2D eigenvalue weighted by Crippen LogP contribution is 2.25. The summed E-state index contributed by atoms with van der Waals surface area (Å²) in [6.07, 6.45) is 7.19. The van der Waals surface area contributed by atoms with Crippen molar-refractivity contribution < 1.29 is 4.79 Å². The molecule has 0 heterocycles. The monoisotopic (exact) mass is 152 g/mol. The molecule has 2 atom stereocenters. The molecule has 2 unspecified atom stereocenters. The summed E-state index contributed by atoms with van der Waals surface area (Å²) in [5, 5.41) is 0. The molecule has 1 nitrogen and oxygen atoms in total. The van der Waals surface area contributed by atoms with Gasteiger partial charge in [-0.25, -0.2) is 0 Å². The third kappa shape index (κ3) is 1.92. The standard InChI is InChI=1S/C10H16O/c1-3-10(11)9-7-5-4-6-8(9)2/h4,6,8-9H,3,5,7H2,1-2H3. The quantitative estimate of drug-likeness (QED) is 0.556. The molecular formula is C10H16O.